The molecule has 0 saturated carbocycles. The normalized spacial score (nSPS) is 14.7. The molecule has 1 aliphatic rings. The van der Waals surface area contributed by atoms with Crippen LogP contribution in [-0.2, 0) is 6.54 Å². The molecule has 0 atom stereocenters. The Balaban J connectivity index is 1.36. The number of halogens is 1. The summed E-state index contributed by atoms with van der Waals surface area (Å²) < 4.78 is 15.0. The number of aromatic nitrogens is 3. The maximum absolute atomic E-state index is 13.1. The van der Waals surface area contributed by atoms with Gasteiger partial charge in [0.15, 0.2) is 0 Å². The first-order chi connectivity index (χ1) is 12.7. The summed E-state index contributed by atoms with van der Waals surface area (Å²) in [4.78, 5) is 8.94. The third-order valence-electron chi connectivity index (χ3n) is 4.74. The monoisotopic (exact) mass is 351 g/mol. The second-order valence-corrected chi connectivity index (χ2v) is 6.68. The fraction of sp³-hybridized carbons (Fsp3) is 0.300. The van der Waals surface area contributed by atoms with Gasteiger partial charge in [0.1, 0.15) is 12.1 Å². The number of benzene rings is 2. The molecule has 2 heterocycles. The Bertz CT molecular complexity index is 849. The van der Waals surface area contributed by atoms with Crippen LogP contribution in [0.5, 0.6) is 0 Å². The molecule has 5 nitrogen and oxygen atoms in total. The number of aryl methyl sites for hydroxylation is 1. The van der Waals surface area contributed by atoms with E-state index in [9.17, 15) is 4.39 Å². The van der Waals surface area contributed by atoms with E-state index >= 15 is 0 Å². The lowest BCUT2D eigenvalue weighted by atomic mass is 10.1. The molecule has 3 aromatic rings. The van der Waals surface area contributed by atoms with Crippen LogP contribution in [0.25, 0.3) is 0 Å². The fourth-order valence-corrected chi connectivity index (χ4v) is 3.20. The summed E-state index contributed by atoms with van der Waals surface area (Å²) >= 11 is 0. The average Bonchev–Trinajstić information content (AvgIpc) is 3.13. The Kier molecular flexibility index (Phi) is 4.56. The minimum Gasteiger partial charge on any atom is -0.368 e. The lowest BCUT2D eigenvalue weighted by Gasteiger charge is -2.35. The highest BCUT2D eigenvalue weighted by molar-refractivity contribution is 5.48. The standard InChI is InChI=1S/C20H22FN5/c1-16-2-4-17(5-3-16)14-26-15-22-20(23-26)25-12-10-24(11-13-25)19-8-6-18(21)7-9-19/h2-9,15H,10-14H2,1H3. The minimum absolute atomic E-state index is 0.198. The number of piperazine rings is 1. The van der Waals surface area contributed by atoms with Gasteiger partial charge in [0, 0.05) is 31.9 Å². The van der Waals surface area contributed by atoms with Crippen molar-refractivity contribution in [1.29, 1.82) is 0 Å². The van der Waals surface area contributed by atoms with Gasteiger partial charge in [-0.3, -0.25) is 0 Å². The van der Waals surface area contributed by atoms with Crippen LogP contribution in [0, 0.1) is 12.7 Å². The highest BCUT2D eigenvalue weighted by Crippen LogP contribution is 2.19. The van der Waals surface area contributed by atoms with Crippen molar-refractivity contribution in [2.75, 3.05) is 36.0 Å². The van der Waals surface area contributed by atoms with Crippen LogP contribution in [0.3, 0.4) is 0 Å². The van der Waals surface area contributed by atoms with Gasteiger partial charge in [-0.05, 0) is 36.8 Å². The molecule has 1 aliphatic heterocycles. The second-order valence-electron chi connectivity index (χ2n) is 6.68. The van der Waals surface area contributed by atoms with Crippen molar-refractivity contribution >= 4 is 11.6 Å². The summed E-state index contributed by atoms with van der Waals surface area (Å²) in [6.07, 6.45) is 1.79. The average molecular weight is 351 g/mol. The van der Waals surface area contributed by atoms with E-state index in [1.165, 1.54) is 23.3 Å². The smallest absolute Gasteiger partial charge is 0.244 e. The van der Waals surface area contributed by atoms with Crippen LogP contribution in [0.4, 0.5) is 16.0 Å². The van der Waals surface area contributed by atoms with Crippen LogP contribution in [0.2, 0.25) is 0 Å². The van der Waals surface area contributed by atoms with Gasteiger partial charge in [0.2, 0.25) is 5.95 Å². The Morgan fingerprint density at radius 3 is 2.23 bits per heavy atom. The molecule has 0 radical (unpaired) electrons. The molecular weight excluding hydrogens is 329 g/mol. The van der Waals surface area contributed by atoms with Crippen LogP contribution in [0.1, 0.15) is 11.1 Å². The predicted octanol–water partition coefficient (Wildman–Crippen LogP) is 3.10. The zero-order chi connectivity index (χ0) is 17.9. The minimum atomic E-state index is -0.198. The predicted molar refractivity (Wildman–Crippen MR) is 101 cm³/mol. The topological polar surface area (TPSA) is 37.2 Å². The Morgan fingerprint density at radius 2 is 1.54 bits per heavy atom. The van der Waals surface area contributed by atoms with Crippen molar-refractivity contribution < 1.29 is 4.39 Å². The summed E-state index contributed by atoms with van der Waals surface area (Å²) in [5, 5.41) is 4.62. The van der Waals surface area contributed by atoms with Crippen molar-refractivity contribution in [3.05, 3.63) is 71.8 Å². The van der Waals surface area contributed by atoms with Crippen LogP contribution < -0.4 is 9.80 Å². The fourth-order valence-electron chi connectivity index (χ4n) is 3.20. The number of rotatable bonds is 4. The molecular formula is C20H22FN5. The number of hydrogen-bond donors (Lipinski definition) is 0. The molecule has 0 aliphatic carbocycles. The van der Waals surface area contributed by atoms with E-state index in [-0.39, 0.29) is 5.82 Å². The molecule has 134 valence electrons. The zero-order valence-corrected chi connectivity index (χ0v) is 14.8. The van der Waals surface area contributed by atoms with Crippen molar-refractivity contribution in [1.82, 2.24) is 14.8 Å². The highest BCUT2D eigenvalue weighted by atomic mass is 19.1. The van der Waals surface area contributed by atoms with Gasteiger partial charge in [-0.15, -0.1) is 5.10 Å². The molecule has 1 aromatic heterocycles. The summed E-state index contributed by atoms with van der Waals surface area (Å²) in [7, 11) is 0. The molecule has 0 N–H and O–H groups in total. The third kappa shape index (κ3) is 3.69. The zero-order valence-electron chi connectivity index (χ0n) is 14.8. The van der Waals surface area contributed by atoms with E-state index in [0.29, 0.717) is 0 Å². The van der Waals surface area contributed by atoms with Crippen LogP contribution in [-0.4, -0.2) is 40.9 Å². The van der Waals surface area contributed by atoms with E-state index in [0.717, 1.165) is 44.4 Å². The Morgan fingerprint density at radius 1 is 0.885 bits per heavy atom. The van der Waals surface area contributed by atoms with Crippen molar-refractivity contribution in [3.63, 3.8) is 0 Å². The molecule has 26 heavy (non-hydrogen) atoms. The Labute approximate surface area is 152 Å². The highest BCUT2D eigenvalue weighted by Gasteiger charge is 2.20. The van der Waals surface area contributed by atoms with E-state index in [4.69, 9.17) is 0 Å². The largest absolute Gasteiger partial charge is 0.368 e. The summed E-state index contributed by atoms with van der Waals surface area (Å²) in [5.74, 6) is 0.576. The van der Waals surface area contributed by atoms with Crippen LogP contribution in [0.15, 0.2) is 54.9 Å². The summed E-state index contributed by atoms with van der Waals surface area (Å²) in [6.45, 7) is 6.26. The van der Waals surface area contributed by atoms with Gasteiger partial charge in [-0.25, -0.2) is 14.1 Å². The molecule has 0 amide bonds. The first kappa shape index (κ1) is 16.6. The molecule has 4 rings (SSSR count). The second kappa shape index (κ2) is 7.15. The molecule has 0 spiro atoms. The van der Waals surface area contributed by atoms with Crippen molar-refractivity contribution in [2.24, 2.45) is 0 Å². The van der Waals surface area contributed by atoms with E-state index in [2.05, 4.69) is 51.1 Å². The first-order valence-electron chi connectivity index (χ1n) is 8.88. The van der Waals surface area contributed by atoms with Gasteiger partial charge >= 0.3 is 0 Å². The molecule has 0 bridgehead atoms. The van der Waals surface area contributed by atoms with Crippen molar-refractivity contribution in [2.45, 2.75) is 13.5 Å². The molecule has 1 fully saturated rings. The lowest BCUT2D eigenvalue weighted by molar-refractivity contribution is 0.619. The quantitative estimate of drug-likeness (QED) is 0.724. The van der Waals surface area contributed by atoms with Crippen LogP contribution >= 0.6 is 0 Å². The maximum atomic E-state index is 13.1. The van der Waals surface area contributed by atoms with Gasteiger partial charge in [0.25, 0.3) is 0 Å². The number of hydrogen-bond acceptors (Lipinski definition) is 4. The van der Waals surface area contributed by atoms with E-state index in [1.54, 1.807) is 6.33 Å². The summed E-state index contributed by atoms with van der Waals surface area (Å²) in [5.41, 5.74) is 3.53. The lowest BCUT2D eigenvalue weighted by Crippen LogP contribution is -2.47. The molecule has 0 unspecified atom stereocenters. The number of nitrogens with zero attached hydrogens (tertiary/aromatic N) is 5. The van der Waals surface area contributed by atoms with E-state index < -0.39 is 0 Å². The maximum Gasteiger partial charge on any atom is 0.244 e. The third-order valence-corrected chi connectivity index (χ3v) is 4.74. The molecule has 1 saturated heterocycles. The number of anilines is 2. The SMILES string of the molecule is Cc1ccc(Cn2cnc(N3CCN(c4ccc(F)cc4)CC3)n2)cc1. The van der Waals surface area contributed by atoms with Gasteiger partial charge < -0.3 is 9.80 Å². The summed E-state index contributed by atoms with van der Waals surface area (Å²) in [6, 6.07) is 15.2. The molecule has 6 heteroatoms. The first-order valence-corrected chi connectivity index (χ1v) is 8.88. The van der Waals surface area contributed by atoms with Gasteiger partial charge in [-0.1, -0.05) is 29.8 Å². The van der Waals surface area contributed by atoms with Gasteiger partial charge in [0.05, 0.1) is 6.54 Å². The Hall–Kier alpha value is -2.89. The van der Waals surface area contributed by atoms with E-state index in [1.807, 2.05) is 16.8 Å². The van der Waals surface area contributed by atoms with Crippen molar-refractivity contribution in [3.8, 4) is 0 Å². The molecule has 2 aromatic carbocycles. The van der Waals surface area contributed by atoms with Gasteiger partial charge in [-0.2, -0.15) is 0 Å².